The van der Waals surface area contributed by atoms with Crippen molar-refractivity contribution in [1.29, 1.82) is 0 Å². The first-order chi connectivity index (χ1) is 7.21. The lowest BCUT2D eigenvalue weighted by Crippen LogP contribution is -2.27. The zero-order valence-corrected chi connectivity index (χ0v) is 9.41. The second kappa shape index (κ2) is 5.74. The van der Waals surface area contributed by atoms with Gasteiger partial charge in [-0.15, -0.1) is 0 Å². The van der Waals surface area contributed by atoms with Crippen LogP contribution in [0, 0.1) is 5.41 Å². The molecule has 1 N–H and O–H groups in total. The van der Waals surface area contributed by atoms with Crippen LogP contribution in [0.4, 0.5) is 0 Å². The van der Waals surface area contributed by atoms with Crippen LogP contribution in [0.5, 0.6) is 0 Å². The molecule has 0 saturated carbocycles. The van der Waals surface area contributed by atoms with Crippen LogP contribution >= 0.6 is 0 Å². The van der Waals surface area contributed by atoms with E-state index in [-0.39, 0.29) is 0 Å². The Balaban J connectivity index is 2.51. The molecular formula is C13H20O2. The Labute approximate surface area is 91.7 Å². The molecule has 0 saturated heterocycles. The van der Waals surface area contributed by atoms with E-state index >= 15 is 0 Å². The molecular weight excluding hydrogens is 188 g/mol. The van der Waals surface area contributed by atoms with Crippen molar-refractivity contribution < 1.29 is 9.90 Å². The average Bonchev–Trinajstić information content (AvgIpc) is 2.26. The van der Waals surface area contributed by atoms with Gasteiger partial charge in [-0.2, -0.15) is 0 Å². The minimum Gasteiger partial charge on any atom is -0.480 e. The number of hydrogen-bond donors (Lipinski definition) is 1. The first-order valence-electron chi connectivity index (χ1n) is 5.80. The number of rotatable bonds is 6. The molecule has 84 valence electrons. The molecule has 0 spiro atoms. The third-order valence-electron chi connectivity index (χ3n) is 2.94. The van der Waals surface area contributed by atoms with Crippen molar-refractivity contribution >= 4 is 5.97 Å². The van der Waals surface area contributed by atoms with Gasteiger partial charge >= 0.3 is 5.97 Å². The molecule has 1 aliphatic carbocycles. The Kier molecular flexibility index (Phi) is 4.60. The van der Waals surface area contributed by atoms with Crippen LogP contribution in [-0.2, 0) is 4.79 Å². The quantitative estimate of drug-likeness (QED) is 0.535. The van der Waals surface area contributed by atoms with Crippen molar-refractivity contribution in [1.82, 2.24) is 0 Å². The Morgan fingerprint density at radius 1 is 1.27 bits per heavy atom. The van der Waals surface area contributed by atoms with E-state index in [0.717, 1.165) is 25.7 Å². The molecule has 0 atom stereocenters. The topological polar surface area (TPSA) is 37.3 Å². The van der Waals surface area contributed by atoms with Gasteiger partial charge in [-0.3, -0.25) is 4.79 Å². The minimum atomic E-state index is -0.716. The predicted octanol–water partition coefficient (Wildman–Crippen LogP) is 3.54. The zero-order chi connectivity index (χ0) is 11.1. The smallest absolute Gasteiger partial charge is 0.317 e. The van der Waals surface area contributed by atoms with E-state index in [1.54, 1.807) is 0 Å². The fourth-order valence-corrected chi connectivity index (χ4v) is 1.95. The molecule has 0 aromatic carbocycles. The number of carboxylic acids is 1. The standard InChI is InChI=1S/C13H20O2/c1-2-3-4-6-9-13(12(14)15)10-7-5-8-11-13/h7-8,10-11H,2-6,9H2,1H3,(H,14,15). The lowest BCUT2D eigenvalue weighted by Gasteiger charge is -2.24. The third kappa shape index (κ3) is 3.22. The molecule has 0 aliphatic heterocycles. The number of hydrogen-bond acceptors (Lipinski definition) is 1. The summed E-state index contributed by atoms with van der Waals surface area (Å²) in [7, 11) is 0. The molecule has 1 aliphatic rings. The van der Waals surface area contributed by atoms with E-state index in [4.69, 9.17) is 0 Å². The first-order valence-corrected chi connectivity index (χ1v) is 5.80. The lowest BCUT2D eigenvalue weighted by molar-refractivity contribution is -0.144. The number of carbonyl (C=O) groups is 1. The van der Waals surface area contributed by atoms with Crippen LogP contribution in [0.3, 0.4) is 0 Å². The number of aliphatic carboxylic acids is 1. The Hall–Kier alpha value is -1.05. The fraction of sp³-hybridized carbons (Fsp3) is 0.615. The highest BCUT2D eigenvalue weighted by molar-refractivity contribution is 5.79. The highest BCUT2D eigenvalue weighted by Gasteiger charge is 2.32. The molecule has 15 heavy (non-hydrogen) atoms. The summed E-state index contributed by atoms with van der Waals surface area (Å²) in [5, 5.41) is 9.24. The first kappa shape index (κ1) is 12.0. The lowest BCUT2D eigenvalue weighted by atomic mass is 9.79. The van der Waals surface area contributed by atoms with E-state index in [9.17, 15) is 9.90 Å². The van der Waals surface area contributed by atoms with Gasteiger partial charge in [0.25, 0.3) is 0 Å². The summed E-state index contributed by atoms with van der Waals surface area (Å²) in [6.45, 7) is 2.16. The van der Waals surface area contributed by atoms with E-state index in [1.807, 2.05) is 24.3 Å². The largest absolute Gasteiger partial charge is 0.480 e. The van der Waals surface area contributed by atoms with Crippen LogP contribution in [0.1, 0.15) is 45.4 Å². The Bertz CT molecular complexity index is 252. The van der Waals surface area contributed by atoms with Gasteiger partial charge in [-0.05, 0) is 12.8 Å². The Morgan fingerprint density at radius 2 is 1.93 bits per heavy atom. The molecule has 2 nitrogen and oxygen atoms in total. The van der Waals surface area contributed by atoms with Crippen molar-refractivity contribution in [2.45, 2.75) is 45.4 Å². The third-order valence-corrected chi connectivity index (χ3v) is 2.94. The summed E-state index contributed by atoms with van der Waals surface area (Å²) in [5.41, 5.74) is -0.716. The summed E-state index contributed by atoms with van der Waals surface area (Å²) < 4.78 is 0. The van der Waals surface area contributed by atoms with Crippen molar-refractivity contribution in [3.63, 3.8) is 0 Å². The normalized spacial score (nSPS) is 17.9. The maximum atomic E-state index is 11.2. The molecule has 2 heteroatoms. The molecule has 0 heterocycles. The van der Waals surface area contributed by atoms with E-state index in [1.165, 1.54) is 12.8 Å². The highest BCUT2D eigenvalue weighted by Crippen LogP contribution is 2.32. The van der Waals surface area contributed by atoms with Crippen LogP contribution in [-0.4, -0.2) is 11.1 Å². The second-order valence-corrected chi connectivity index (χ2v) is 4.20. The van der Waals surface area contributed by atoms with Crippen molar-refractivity contribution in [3.05, 3.63) is 24.3 Å². The summed E-state index contributed by atoms with van der Waals surface area (Å²) in [4.78, 5) is 11.2. The molecule has 0 aromatic heterocycles. The molecule has 0 unspecified atom stereocenters. The monoisotopic (exact) mass is 208 g/mol. The SMILES string of the molecule is CCCCCCC1(C(=O)O)C=CCC=C1. The van der Waals surface area contributed by atoms with E-state index < -0.39 is 11.4 Å². The van der Waals surface area contributed by atoms with Crippen molar-refractivity contribution in [2.24, 2.45) is 5.41 Å². The Morgan fingerprint density at radius 3 is 2.47 bits per heavy atom. The highest BCUT2D eigenvalue weighted by atomic mass is 16.4. The van der Waals surface area contributed by atoms with Gasteiger partial charge in [0, 0.05) is 0 Å². The number of allylic oxidation sites excluding steroid dienone is 2. The molecule has 0 aromatic rings. The van der Waals surface area contributed by atoms with Crippen molar-refractivity contribution in [3.8, 4) is 0 Å². The molecule has 0 fully saturated rings. The molecule has 0 amide bonds. The molecule has 0 bridgehead atoms. The van der Waals surface area contributed by atoms with E-state index in [2.05, 4.69) is 6.92 Å². The molecule has 1 rings (SSSR count). The summed E-state index contributed by atoms with van der Waals surface area (Å²) in [6.07, 6.45) is 13.7. The van der Waals surface area contributed by atoms with Crippen molar-refractivity contribution in [2.75, 3.05) is 0 Å². The van der Waals surface area contributed by atoms with Gasteiger partial charge in [0.2, 0.25) is 0 Å². The maximum Gasteiger partial charge on any atom is 0.317 e. The maximum absolute atomic E-state index is 11.2. The van der Waals surface area contributed by atoms with Gasteiger partial charge < -0.3 is 5.11 Å². The van der Waals surface area contributed by atoms with E-state index in [0.29, 0.717) is 0 Å². The summed E-state index contributed by atoms with van der Waals surface area (Å²) >= 11 is 0. The average molecular weight is 208 g/mol. The number of unbranched alkanes of at least 4 members (excludes halogenated alkanes) is 3. The predicted molar refractivity (Wildman–Crippen MR) is 61.7 cm³/mol. The molecule has 0 radical (unpaired) electrons. The summed E-state index contributed by atoms with van der Waals surface area (Å²) in [6, 6.07) is 0. The van der Waals surface area contributed by atoms with Gasteiger partial charge in [-0.1, -0.05) is 56.9 Å². The van der Waals surface area contributed by atoms with Crippen LogP contribution in [0.25, 0.3) is 0 Å². The van der Waals surface area contributed by atoms with Gasteiger partial charge in [0.15, 0.2) is 0 Å². The minimum absolute atomic E-state index is 0.716. The van der Waals surface area contributed by atoms with Gasteiger partial charge in [-0.25, -0.2) is 0 Å². The fourth-order valence-electron chi connectivity index (χ4n) is 1.95. The van der Waals surface area contributed by atoms with Crippen LogP contribution < -0.4 is 0 Å². The zero-order valence-electron chi connectivity index (χ0n) is 9.41. The van der Waals surface area contributed by atoms with Gasteiger partial charge in [0.1, 0.15) is 5.41 Å². The van der Waals surface area contributed by atoms with Gasteiger partial charge in [0.05, 0.1) is 0 Å². The summed E-state index contributed by atoms with van der Waals surface area (Å²) in [5.74, 6) is -0.716. The van der Waals surface area contributed by atoms with Crippen LogP contribution in [0.15, 0.2) is 24.3 Å². The second-order valence-electron chi connectivity index (χ2n) is 4.20. The number of carboxylic acid groups (broad SMARTS) is 1. The van der Waals surface area contributed by atoms with Crippen LogP contribution in [0.2, 0.25) is 0 Å².